The van der Waals surface area contributed by atoms with E-state index in [0.29, 0.717) is 12.2 Å². The van der Waals surface area contributed by atoms with Gasteiger partial charge in [-0.3, -0.25) is 4.72 Å². The summed E-state index contributed by atoms with van der Waals surface area (Å²) in [5.74, 6) is -0.303. The molecule has 4 nitrogen and oxygen atoms in total. The van der Waals surface area contributed by atoms with E-state index in [9.17, 15) is 12.8 Å². The molecule has 0 aliphatic heterocycles. The topological polar surface area (TPSA) is 58.2 Å². The van der Waals surface area contributed by atoms with Crippen molar-refractivity contribution in [2.24, 2.45) is 0 Å². The van der Waals surface area contributed by atoms with E-state index in [2.05, 4.69) is 26.0 Å². The maximum atomic E-state index is 13.2. The molecule has 112 valence electrons. The van der Waals surface area contributed by atoms with E-state index in [0.717, 1.165) is 22.0 Å². The molecule has 0 aliphatic rings. The predicted molar refractivity (Wildman–Crippen MR) is 86.3 cm³/mol. The minimum Gasteiger partial charge on any atom is -0.381 e. The van der Waals surface area contributed by atoms with E-state index in [4.69, 9.17) is 0 Å². The van der Waals surface area contributed by atoms with Gasteiger partial charge in [0.1, 0.15) is 5.82 Å². The minimum absolute atomic E-state index is 0.303. The first-order chi connectivity index (χ1) is 9.83. The van der Waals surface area contributed by atoms with E-state index in [-0.39, 0.29) is 5.82 Å². The average molecular weight is 373 g/mol. The molecule has 0 radical (unpaired) electrons. The highest BCUT2D eigenvalue weighted by molar-refractivity contribution is 9.10. The molecule has 0 aliphatic carbocycles. The van der Waals surface area contributed by atoms with Gasteiger partial charge >= 0.3 is 0 Å². The van der Waals surface area contributed by atoms with Crippen molar-refractivity contribution in [3.05, 3.63) is 58.3 Å². The Morgan fingerprint density at radius 2 is 1.86 bits per heavy atom. The fourth-order valence-corrected chi connectivity index (χ4v) is 2.72. The number of rotatable bonds is 5. The van der Waals surface area contributed by atoms with Gasteiger partial charge in [-0.25, -0.2) is 12.8 Å². The number of anilines is 2. The average Bonchev–Trinajstić information content (AvgIpc) is 2.38. The number of sulfonamides is 1. The van der Waals surface area contributed by atoms with Crippen molar-refractivity contribution >= 4 is 37.3 Å². The van der Waals surface area contributed by atoms with E-state index in [1.165, 1.54) is 12.1 Å². The van der Waals surface area contributed by atoms with E-state index < -0.39 is 10.0 Å². The molecule has 2 N–H and O–H groups in total. The van der Waals surface area contributed by atoms with Crippen LogP contribution in [0.1, 0.15) is 5.56 Å². The lowest BCUT2D eigenvalue weighted by Crippen LogP contribution is -2.09. The molecule has 0 heterocycles. The van der Waals surface area contributed by atoms with Gasteiger partial charge in [0.25, 0.3) is 0 Å². The van der Waals surface area contributed by atoms with Crippen molar-refractivity contribution in [2.75, 3.05) is 16.3 Å². The highest BCUT2D eigenvalue weighted by Gasteiger charge is 2.04. The van der Waals surface area contributed by atoms with Gasteiger partial charge in [0.15, 0.2) is 0 Å². The highest BCUT2D eigenvalue weighted by atomic mass is 79.9. The third kappa shape index (κ3) is 5.02. The predicted octanol–water partition coefficient (Wildman–Crippen LogP) is 3.57. The normalized spacial score (nSPS) is 11.2. The Kier molecular flexibility index (Phi) is 4.84. The smallest absolute Gasteiger partial charge is 0.229 e. The molecular weight excluding hydrogens is 359 g/mol. The van der Waals surface area contributed by atoms with Crippen LogP contribution in [-0.2, 0) is 16.6 Å². The molecule has 0 saturated heterocycles. The van der Waals surface area contributed by atoms with Crippen molar-refractivity contribution in [1.29, 1.82) is 0 Å². The number of halogens is 2. The standard InChI is InChI=1S/C14H14BrFN2O2S/c1-21(19,20)18-13-4-2-3-12(8-13)17-9-10-7-11(16)5-6-14(10)15/h2-8,17-18H,9H2,1H3. The van der Waals surface area contributed by atoms with Gasteiger partial charge in [0, 0.05) is 16.7 Å². The molecule has 0 unspecified atom stereocenters. The first-order valence-electron chi connectivity index (χ1n) is 6.09. The Morgan fingerprint density at radius 3 is 2.57 bits per heavy atom. The first kappa shape index (κ1) is 15.8. The monoisotopic (exact) mass is 372 g/mol. The van der Waals surface area contributed by atoms with Gasteiger partial charge in [-0.2, -0.15) is 0 Å². The fourth-order valence-electron chi connectivity index (χ4n) is 1.78. The van der Waals surface area contributed by atoms with E-state index >= 15 is 0 Å². The van der Waals surface area contributed by atoms with Crippen LogP contribution in [0.3, 0.4) is 0 Å². The third-order valence-electron chi connectivity index (χ3n) is 2.66. The molecule has 0 aromatic heterocycles. The summed E-state index contributed by atoms with van der Waals surface area (Å²) in [6.45, 7) is 0.417. The lowest BCUT2D eigenvalue weighted by Gasteiger charge is -2.10. The van der Waals surface area contributed by atoms with Crippen LogP contribution in [0.5, 0.6) is 0 Å². The molecule has 2 aromatic carbocycles. The zero-order chi connectivity index (χ0) is 15.5. The van der Waals surface area contributed by atoms with Gasteiger partial charge < -0.3 is 5.32 Å². The summed E-state index contributed by atoms with van der Waals surface area (Å²) in [5.41, 5.74) is 1.98. The zero-order valence-corrected chi connectivity index (χ0v) is 13.6. The number of nitrogens with one attached hydrogen (secondary N) is 2. The second-order valence-corrected chi connectivity index (χ2v) is 7.15. The van der Waals surface area contributed by atoms with Crippen LogP contribution in [0.2, 0.25) is 0 Å². The lowest BCUT2D eigenvalue weighted by atomic mass is 10.2. The summed E-state index contributed by atoms with van der Waals surface area (Å²) < 4.78 is 38.8. The maximum absolute atomic E-state index is 13.2. The minimum atomic E-state index is -3.31. The summed E-state index contributed by atoms with van der Waals surface area (Å²) in [7, 11) is -3.31. The van der Waals surface area contributed by atoms with Crippen molar-refractivity contribution in [1.82, 2.24) is 0 Å². The molecule has 0 atom stereocenters. The molecule has 21 heavy (non-hydrogen) atoms. The van der Waals surface area contributed by atoms with Gasteiger partial charge in [-0.15, -0.1) is 0 Å². The molecule has 2 rings (SSSR count). The van der Waals surface area contributed by atoms with Crippen LogP contribution in [0, 0.1) is 5.82 Å². The zero-order valence-electron chi connectivity index (χ0n) is 11.2. The van der Waals surface area contributed by atoms with Gasteiger partial charge in [-0.1, -0.05) is 22.0 Å². The third-order valence-corrected chi connectivity index (χ3v) is 4.04. The Bertz CT molecular complexity index is 750. The SMILES string of the molecule is CS(=O)(=O)Nc1cccc(NCc2cc(F)ccc2Br)c1. The Labute approximate surface area is 131 Å². The second kappa shape index (κ2) is 6.44. The van der Waals surface area contributed by atoms with Crippen molar-refractivity contribution in [3.63, 3.8) is 0 Å². The Morgan fingerprint density at radius 1 is 1.14 bits per heavy atom. The Balaban J connectivity index is 2.10. The molecule has 0 spiro atoms. The summed E-state index contributed by atoms with van der Waals surface area (Å²) in [6.07, 6.45) is 1.09. The largest absolute Gasteiger partial charge is 0.381 e. The lowest BCUT2D eigenvalue weighted by molar-refractivity contribution is 0.607. The number of benzene rings is 2. The molecule has 0 fully saturated rings. The maximum Gasteiger partial charge on any atom is 0.229 e. The van der Waals surface area contributed by atoms with Crippen LogP contribution in [-0.4, -0.2) is 14.7 Å². The van der Waals surface area contributed by atoms with Crippen LogP contribution < -0.4 is 10.0 Å². The summed E-state index contributed by atoms with van der Waals surface area (Å²) >= 11 is 3.36. The van der Waals surface area contributed by atoms with Gasteiger partial charge in [0.05, 0.1) is 11.9 Å². The fraction of sp³-hybridized carbons (Fsp3) is 0.143. The van der Waals surface area contributed by atoms with E-state index in [1.54, 1.807) is 30.3 Å². The highest BCUT2D eigenvalue weighted by Crippen LogP contribution is 2.21. The summed E-state index contributed by atoms with van der Waals surface area (Å²) in [5, 5.41) is 3.12. The van der Waals surface area contributed by atoms with Crippen LogP contribution in [0.15, 0.2) is 46.9 Å². The van der Waals surface area contributed by atoms with Gasteiger partial charge in [0.2, 0.25) is 10.0 Å². The molecule has 2 aromatic rings. The Hall–Kier alpha value is -1.60. The van der Waals surface area contributed by atoms with Crippen LogP contribution in [0.25, 0.3) is 0 Å². The van der Waals surface area contributed by atoms with Crippen LogP contribution in [0.4, 0.5) is 15.8 Å². The first-order valence-corrected chi connectivity index (χ1v) is 8.77. The number of hydrogen-bond acceptors (Lipinski definition) is 3. The summed E-state index contributed by atoms with van der Waals surface area (Å²) in [4.78, 5) is 0. The molecule has 0 saturated carbocycles. The summed E-state index contributed by atoms with van der Waals surface area (Å²) in [6, 6.07) is 11.3. The molecule has 7 heteroatoms. The van der Waals surface area contributed by atoms with Crippen molar-refractivity contribution < 1.29 is 12.8 Å². The van der Waals surface area contributed by atoms with Gasteiger partial charge in [-0.05, 0) is 42.0 Å². The molecular formula is C14H14BrFN2O2S. The van der Waals surface area contributed by atoms with Crippen LogP contribution >= 0.6 is 15.9 Å². The van der Waals surface area contributed by atoms with Crippen molar-refractivity contribution in [2.45, 2.75) is 6.54 Å². The number of hydrogen-bond donors (Lipinski definition) is 2. The molecule has 0 bridgehead atoms. The molecule has 0 amide bonds. The quantitative estimate of drug-likeness (QED) is 0.843. The van der Waals surface area contributed by atoms with E-state index in [1.807, 2.05) is 0 Å². The van der Waals surface area contributed by atoms with Crippen molar-refractivity contribution in [3.8, 4) is 0 Å². The second-order valence-electron chi connectivity index (χ2n) is 4.54.